The van der Waals surface area contributed by atoms with Crippen LogP contribution in [0.15, 0.2) is 0 Å². The predicted molar refractivity (Wildman–Crippen MR) is 36.0 cm³/mol. The van der Waals surface area contributed by atoms with Crippen LogP contribution in [0.5, 0.6) is 0 Å². The average Bonchev–Trinajstić information content (AvgIpc) is 1.21. The predicted octanol–water partition coefficient (Wildman–Crippen LogP) is 0.316. The maximum Gasteiger partial charge on any atom is 0.190 e. The Morgan fingerprint density at radius 3 is 1.75 bits per heavy atom. The average molecular weight is 148 g/mol. The fraction of sp³-hybridized carbons (Fsp3) is 1.00. The molecule has 4 heteroatoms. The third-order valence-electron chi connectivity index (χ3n) is 0.450. The van der Waals surface area contributed by atoms with Gasteiger partial charge in [0.1, 0.15) is 0 Å². The van der Waals surface area contributed by atoms with Gasteiger partial charge in [-0.15, -0.1) is 0 Å². The zero-order chi connectivity index (χ0) is 6.78. The largest absolute Gasteiger partial charge is 0.839 e. The molecule has 0 heterocycles. The number of hydrogen-bond donors (Lipinski definition) is 0. The Morgan fingerprint density at radius 2 is 1.75 bits per heavy atom. The molecule has 0 saturated heterocycles. The molecule has 8 heavy (non-hydrogen) atoms. The van der Waals surface area contributed by atoms with E-state index >= 15 is 0 Å². The van der Waals surface area contributed by atoms with Gasteiger partial charge in [-0.25, -0.2) is 0 Å². The number of hydrogen-bond acceptors (Lipinski definition) is 2. The molecule has 0 N–H and O–H groups in total. The van der Waals surface area contributed by atoms with Crippen LogP contribution < -0.4 is 4.80 Å². The molecule has 0 aromatic rings. The van der Waals surface area contributed by atoms with E-state index in [4.69, 9.17) is 4.12 Å². The van der Waals surface area contributed by atoms with Gasteiger partial charge in [0, 0.05) is 0 Å². The molecule has 1 radical (unpaired) electrons. The van der Waals surface area contributed by atoms with Crippen LogP contribution in [0, 0.1) is 0 Å². The zero-order valence-corrected chi connectivity index (χ0v) is 7.82. The van der Waals surface area contributed by atoms with Crippen LogP contribution in [-0.4, -0.2) is 17.6 Å². The lowest BCUT2D eigenvalue weighted by Crippen LogP contribution is -2.48. The second-order valence-electron chi connectivity index (χ2n) is 2.41. The molecular formula is C4H12O2Si2-. The highest BCUT2D eigenvalue weighted by molar-refractivity contribution is 6.70. The third-order valence-corrected chi connectivity index (χ3v) is 4.05. The Kier molecular flexibility index (Phi) is 2.89. The van der Waals surface area contributed by atoms with Crippen molar-refractivity contribution in [3.63, 3.8) is 0 Å². The van der Waals surface area contributed by atoms with E-state index in [1.807, 2.05) is 13.1 Å². The smallest absolute Gasteiger partial charge is 0.190 e. The summed E-state index contributed by atoms with van der Waals surface area (Å²) in [6.07, 6.45) is 0. The van der Waals surface area contributed by atoms with Crippen molar-refractivity contribution in [1.29, 1.82) is 0 Å². The molecule has 0 bridgehead atoms. The van der Waals surface area contributed by atoms with Gasteiger partial charge in [-0.2, -0.15) is 0 Å². The first-order chi connectivity index (χ1) is 3.42. The Bertz CT molecular complexity index is 66.9. The van der Waals surface area contributed by atoms with E-state index in [2.05, 4.69) is 0 Å². The molecule has 0 aromatic heterocycles. The molecule has 0 spiro atoms. The maximum absolute atomic E-state index is 10.9. The highest BCUT2D eigenvalue weighted by Crippen LogP contribution is 1.95. The van der Waals surface area contributed by atoms with Crippen LogP contribution in [0.3, 0.4) is 0 Å². The zero-order valence-electron chi connectivity index (χ0n) is 5.82. The van der Waals surface area contributed by atoms with E-state index in [9.17, 15) is 4.80 Å². The summed E-state index contributed by atoms with van der Waals surface area (Å²) in [7, 11) is -3.17. The Labute approximate surface area is 53.5 Å². The fourth-order valence-electron chi connectivity index (χ4n) is 0.492. The van der Waals surface area contributed by atoms with Gasteiger partial charge in [0.05, 0.1) is 8.56 Å². The Balaban J connectivity index is 3.39. The van der Waals surface area contributed by atoms with Gasteiger partial charge in [0.2, 0.25) is 0 Å². The molecule has 2 nitrogen and oxygen atoms in total. The summed E-state index contributed by atoms with van der Waals surface area (Å²) in [5.74, 6) is 0. The second kappa shape index (κ2) is 2.77. The van der Waals surface area contributed by atoms with Crippen LogP contribution >= 0.6 is 0 Å². The van der Waals surface area contributed by atoms with Crippen LogP contribution in [0.1, 0.15) is 0 Å². The lowest BCUT2D eigenvalue weighted by molar-refractivity contribution is -0.226. The highest BCUT2D eigenvalue weighted by Gasteiger charge is 2.06. The third kappa shape index (κ3) is 6.35. The van der Waals surface area contributed by atoms with Crippen molar-refractivity contribution >= 4 is 17.6 Å². The van der Waals surface area contributed by atoms with Crippen molar-refractivity contribution in [2.24, 2.45) is 0 Å². The van der Waals surface area contributed by atoms with Gasteiger partial charge in [-0.1, -0.05) is 13.1 Å². The molecule has 0 aliphatic heterocycles. The summed E-state index contributed by atoms with van der Waals surface area (Å²) in [6.45, 7) is 7.31. The summed E-state index contributed by atoms with van der Waals surface area (Å²) < 4.78 is 5.12. The van der Waals surface area contributed by atoms with Crippen molar-refractivity contribution in [1.82, 2.24) is 0 Å². The number of rotatable bonds is 2. The van der Waals surface area contributed by atoms with E-state index < -0.39 is 17.6 Å². The van der Waals surface area contributed by atoms with Crippen molar-refractivity contribution in [2.75, 3.05) is 0 Å². The second-order valence-corrected chi connectivity index (χ2v) is 7.84. The normalized spacial score (nSPS) is 12.8. The summed E-state index contributed by atoms with van der Waals surface area (Å²) in [4.78, 5) is 10.9. The molecule has 0 aliphatic carbocycles. The molecule has 0 saturated carbocycles. The maximum atomic E-state index is 10.9. The van der Waals surface area contributed by atoms with E-state index in [0.29, 0.717) is 0 Å². The minimum atomic E-state index is -2.43. The van der Waals surface area contributed by atoms with Gasteiger partial charge in [0.25, 0.3) is 0 Å². The molecule has 0 amide bonds. The van der Waals surface area contributed by atoms with Crippen molar-refractivity contribution in [2.45, 2.75) is 26.2 Å². The molecule has 0 fully saturated rings. The molecule has 0 aromatic carbocycles. The van der Waals surface area contributed by atoms with E-state index in [1.165, 1.54) is 0 Å². The summed E-state index contributed by atoms with van der Waals surface area (Å²) >= 11 is 0. The van der Waals surface area contributed by atoms with Gasteiger partial charge in [0.15, 0.2) is 9.04 Å². The van der Waals surface area contributed by atoms with Gasteiger partial charge in [-0.05, 0) is 13.1 Å². The quantitative estimate of drug-likeness (QED) is 0.528. The lowest BCUT2D eigenvalue weighted by Gasteiger charge is -2.31. The minimum absolute atomic E-state index is 0.743. The van der Waals surface area contributed by atoms with Gasteiger partial charge in [-0.3, -0.25) is 0 Å². The van der Waals surface area contributed by atoms with E-state index in [1.54, 1.807) is 13.1 Å². The molecule has 49 valence electrons. The van der Waals surface area contributed by atoms with Crippen LogP contribution in [0.25, 0.3) is 0 Å². The summed E-state index contributed by atoms with van der Waals surface area (Å²) in [6, 6.07) is 0. The lowest BCUT2D eigenvalue weighted by atomic mass is 11.9. The van der Waals surface area contributed by atoms with Gasteiger partial charge < -0.3 is 8.91 Å². The van der Waals surface area contributed by atoms with Crippen LogP contribution in [0.4, 0.5) is 0 Å². The fourth-order valence-corrected chi connectivity index (χ4v) is 4.42. The van der Waals surface area contributed by atoms with Crippen molar-refractivity contribution < 1.29 is 8.91 Å². The van der Waals surface area contributed by atoms with Crippen LogP contribution in [-0.2, 0) is 4.12 Å². The first-order valence-corrected chi connectivity index (χ1v) is 7.84. The standard InChI is InChI=1S/C4H12O2Si2/c1-7(2)6-8(3,4)5/h1-4H3/q-1. The summed E-state index contributed by atoms with van der Waals surface area (Å²) in [5, 5.41) is 0. The Morgan fingerprint density at radius 1 is 1.38 bits per heavy atom. The van der Waals surface area contributed by atoms with Crippen molar-refractivity contribution in [3.8, 4) is 0 Å². The first kappa shape index (κ1) is 8.35. The van der Waals surface area contributed by atoms with Crippen LogP contribution in [0.2, 0.25) is 26.2 Å². The topological polar surface area (TPSA) is 32.3 Å². The minimum Gasteiger partial charge on any atom is -0.839 e. The van der Waals surface area contributed by atoms with Gasteiger partial charge >= 0.3 is 0 Å². The highest BCUT2D eigenvalue weighted by atomic mass is 28.4. The monoisotopic (exact) mass is 148 g/mol. The first-order valence-electron chi connectivity index (χ1n) is 2.61. The molecule has 0 unspecified atom stereocenters. The molecule has 0 aliphatic rings. The van der Waals surface area contributed by atoms with E-state index in [-0.39, 0.29) is 0 Å². The SMILES string of the molecule is C[Si](C)O[Si](C)(C)[O-]. The molecule has 0 atom stereocenters. The Hall–Kier alpha value is 0.354. The molecular weight excluding hydrogens is 136 g/mol. The van der Waals surface area contributed by atoms with E-state index in [0.717, 1.165) is 0 Å². The van der Waals surface area contributed by atoms with Crippen molar-refractivity contribution in [3.05, 3.63) is 0 Å². The summed E-state index contributed by atoms with van der Waals surface area (Å²) in [5.41, 5.74) is 0. The molecule has 0 rings (SSSR count).